The van der Waals surface area contributed by atoms with Crippen LogP contribution < -0.4 is 4.90 Å². The lowest BCUT2D eigenvalue weighted by molar-refractivity contribution is 0.164. The summed E-state index contributed by atoms with van der Waals surface area (Å²) in [5.41, 5.74) is 5.52. The van der Waals surface area contributed by atoms with Gasteiger partial charge in [-0.05, 0) is 51.2 Å². The van der Waals surface area contributed by atoms with Gasteiger partial charge in [-0.15, -0.1) is 0 Å². The van der Waals surface area contributed by atoms with Crippen molar-refractivity contribution in [2.24, 2.45) is 0 Å². The molecule has 0 N–H and O–H groups in total. The van der Waals surface area contributed by atoms with E-state index in [1.165, 1.54) is 53.3 Å². The first kappa shape index (κ1) is 17.7. The van der Waals surface area contributed by atoms with Crippen molar-refractivity contribution in [1.29, 1.82) is 5.26 Å². The van der Waals surface area contributed by atoms with Crippen LogP contribution >= 0.6 is 0 Å². The molecule has 3 aromatic heterocycles. The molecule has 2 unspecified atom stereocenters. The van der Waals surface area contributed by atoms with E-state index in [0.29, 0.717) is 29.8 Å². The topological polar surface area (TPSA) is 65.4 Å². The zero-order chi connectivity index (χ0) is 20.9. The van der Waals surface area contributed by atoms with E-state index in [0.717, 1.165) is 24.7 Å². The van der Waals surface area contributed by atoms with Gasteiger partial charge in [0.25, 0.3) is 0 Å². The molecule has 3 atom stereocenters. The van der Waals surface area contributed by atoms with Crippen LogP contribution in [0.1, 0.15) is 67.3 Å². The highest BCUT2D eigenvalue weighted by Crippen LogP contribution is 2.50. The van der Waals surface area contributed by atoms with E-state index < -0.39 is 0 Å². The first-order chi connectivity index (χ1) is 15.1. The van der Waals surface area contributed by atoms with Gasteiger partial charge in [0.1, 0.15) is 17.3 Å². The Kier molecular flexibility index (Phi) is 3.47. The molecule has 1 aliphatic carbocycles. The summed E-state index contributed by atoms with van der Waals surface area (Å²) in [6.07, 6.45) is 7.45. The van der Waals surface area contributed by atoms with Crippen molar-refractivity contribution in [2.45, 2.75) is 69.7 Å². The number of aromatic nitrogens is 4. The molecular weight excluding hydrogens is 393 g/mol. The summed E-state index contributed by atoms with van der Waals surface area (Å²) in [6, 6.07) is 7.80. The van der Waals surface area contributed by atoms with Crippen LogP contribution in [-0.2, 0) is 13.0 Å². The minimum atomic E-state index is -0.390. The Hall–Kier alpha value is -2.92. The molecule has 0 spiro atoms. The Morgan fingerprint density at radius 2 is 2.00 bits per heavy atom. The predicted molar refractivity (Wildman–Crippen MR) is 112 cm³/mol. The van der Waals surface area contributed by atoms with Gasteiger partial charge in [-0.2, -0.15) is 15.5 Å². The smallest absolute Gasteiger partial charge is 0.171 e. The highest BCUT2D eigenvalue weighted by atomic mass is 19.1. The average Bonchev–Trinajstić information content (AvgIpc) is 3.33. The molecule has 1 saturated heterocycles. The Labute approximate surface area is 179 Å². The molecule has 0 amide bonds. The quantitative estimate of drug-likeness (QED) is 0.640. The number of fused-ring (bicyclic) bond motifs is 7. The van der Waals surface area contributed by atoms with Gasteiger partial charge in [0.2, 0.25) is 0 Å². The van der Waals surface area contributed by atoms with Gasteiger partial charge in [0.05, 0.1) is 41.9 Å². The van der Waals surface area contributed by atoms with E-state index in [2.05, 4.69) is 32.6 Å². The maximum atomic E-state index is 14.7. The van der Waals surface area contributed by atoms with Crippen LogP contribution in [0.2, 0.25) is 0 Å². The van der Waals surface area contributed by atoms with Crippen LogP contribution in [-0.4, -0.2) is 42.9 Å². The van der Waals surface area contributed by atoms with Gasteiger partial charge in [-0.3, -0.25) is 9.58 Å². The maximum absolute atomic E-state index is 14.7. The number of nitrogens with zero attached hydrogens (tertiary/aromatic N) is 7. The molecule has 7 nitrogen and oxygen atoms in total. The van der Waals surface area contributed by atoms with E-state index in [-0.39, 0.29) is 11.9 Å². The lowest BCUT2D eigenvalue weighted by Crippen LogP contribution is -2.40. The number of halogens is 1. The fourth-order valence-electron chi connectivity index (χ4n) is 6.31. The summed E-state index contributed by atoms with van der Waals surface area (Å²) in [5, 5.41) is 18.6. The van der Waals surface area contributed by atoms with Crippen LogP contribution in [0.3, 0.4) is 0 Å². The second-order valence-corrected chi connectivity index (χ2v) is 9.58. The van der Waals surface area contributed by atoms with Crippen molar-refractivity contribution >= 4 is 11.2 Å². The normalized spacial score (nSPS) is 27.4. The number of hydrogen-bond acceptors (Lipinski definition) is 5. The van der Waals surface area contributed by atoms with Gasteiger partial charge in [-0.1, -0.05) is 0 Å². The van der Waals surface area contributed by atoms with Crippen LogP contribution in [0.15, 0.2) is 18.3 Å². The van der Waals surface area contributed by atoms with Gasteiger partial charge in [-0.25, -0.2) is 8.91 Å². The molecule has 1 saturated carbocycles. The Bertz CT molecular complexity index is 1260. The Morgan fingerprint density at radius 3 is 2.81 bits per heavy atom. The summed E-state index contributed by atoms with van der Waals surface area (Å²) >= 11 is 0. The van der Waals surface area contributed by atoms with Gasteiger partial charge >= 0.3 is 0 Å². The number of nitriles is 1. The molecule has 2 fully saturated rings. The van der Waals surface area contributed by atoms with Crippen molar-refractivity contribution in [1.82, 2.24) is 24.3 Å². The largest absolute Gasteiger partial charge is 0.362 e. The zero-order valence-electron chi connectivity index (χ0n) is 17.5. The predicted octanol–water partition coefficient (Wildman–Crippen LogP) is 3.35. The van der Waals surface area contributed by atoms with E-state index in [1.807, 2.05) is 6.07 Å². The van der Waals surface area contributed by atoms with Crippen molar-refractivity contribution in [3.63, 3.8) is 0 Å². The first-order valence-electron chi connectivity index (χ1n) is 11.3. The van der Waals surface area contributed by atoms with Crippen LogP contribution in [0.25, 0.3) is 5.52 Å². The van der Waals surface area contributed by atoms with Crippen molar-refractivity contribution < 1.29 is 4.39 Å². The third-order valence-electron chi connectivity index (χ3n) is 7.72. The van der Waals surface area contributed by atoms with Crippen LogP contribution in [0.5, 0.6) is 0 Å². The third-order valence-corrected chi connectivity index (χ3v) is 7.72. The minimum Gasteiger partial charge on any atom is -0.362 e. The summed E-state index contributed by atoms with van der Waals surface area (Å²) in [4.78, 5) is 4.99. The summed E-state index contributed by atoms with van der Waals surface area (Å²) in [6.45, 7) is 3.65. The van der Waals surface area contributed by atoms with Crippen molar-refractivity contribution in [3.8, 4) is 6.07 Å². The van der Waals surface area contributed by atoms with Crippen molar-refractivity contribution in [3.05, 3.63) is 46.8 Å². The van der Waals surface area contributed by atoms with Gasteiger partial charge in [0.15, 0.2) is 5.82 Å². The second kappa shape index (κ2) is 6.07. The number of anilines is 1. The number of hydrogen-bond donors (Lipinski definition) is 0. The molecule has 7 rings (SSSR count). The average molecular weight is 417 g/mol. The summed E-state index contributed by atoms with van der Waals surface area (Å²) < 4.78 is 18.3. The Morgan fingerprint density at radius 1 is 1.16 bits per heavy atom. The van der Waals surface area contributed by atoms with E-state index in [4.69, 9.17) is 5.10 Å². The lowest BCUT2D eigenvalue weighted by atomic mass is 9.96. The second-order valence-electron chi connectivity index (χ2n) is 9.58. The maximum Gasteiger partial charge on any atom is 0.171 e. The molecule has 0 aromatic carbocycles. The highest BCUT2D eigenvalue weighted by molar-refractivity contribution is 5.75. The van der Waals surface area contributed by atoms with Crippen LogP contribution in [0.4, 0.5) is 10.1 Å². The molecule has 4 aliphatic rings. The van der Waals surface area contributed by atoms with Gasteiger partial charge in [0, 0.05) is 24.2 Å². The monoisotopic (exact) mass is 417 g/mol. The number of rotatable bonds is 2. The molecule has 3 aromatic rings. The molecule has 0 radical (unpaired) electrons. The molecule has 8 heteroatoms. The summed E-state index contributed by atoms with van der Waals surface area (Å²) in [7, 11) is 0. The van der Waals surface area contributed by atoms with E-state index in [9.17, 15) is 9.65 Å². The first-order valence-corrected chi connectivity index (χ1v) is 11.3. The van der Waals surface area contributed by atoms with E-state index >= 15 is 0 Å². The fraction of sp³-hybridized carbons (Fsp3) is 0.522. The Balaban J connectivity index is 1.31. The van der Waals surface area contributed by atoms with E-state index in [1.54, 1.807) is 6.07 Å². The number of pyridine rings is 1. The van der Waals surface area contributed by atoms with Gasteiger partial charge < -0.3 is 4.90 Å². The minimum absolute atomic E-state index is 0.198. The van der Waals surface area contributed by atoms with Crippen LogP contribution in [0, 0.1) is 17.1 Å². The molecule has 3 aliphatic heterocycles. The lowest BCUT2D eigenvalue weighted by Gasteiger charge is -2.36. The zero-order valence-corrected chi connectivity index (χ0v) is 17.5. The molecular formula is C23H24FN7. The molecule has 6 heterocycles. The summed E-state index contributed by atoms with van der Waals surface area (Å²) in [5.74, 6) is -0.390. The standard InChI is InChI=1S/C23H24FN7/c1-13-11-28(20-7-5-16(9-25)31-23(20)18(24)10-26-31)12-21-17-8-15-4-6-19(22(17)27-30(13)21)29(15)14-2-3-14/h5,7,10,13-15,19H,2-4,6,8,11-12H2,1H3/t13-,15?,19?/m1/s1. The molecule has 2 bridgehead atoms. The van der Waals surface area contributed by atoms with Crippen molar-refractivity contribution in [2.75, 3.05) is 11.4 Å². The SMILES string of the molecule is C[C@@H]1CN(c2ccc(C#N)n3ncc(F)c23)Cc2c3c(nn21)C1CCC(C3)N1C1CC1. The fourth-order valence-corrected chi connectivity index (χ4v) is 6.31. The molecule has 31 heavy (non-hydrogen) atoms. The molecule has 158 valence electrons. The third kappa shape index (κ3) is 2.35. The highest BCUT2D eigenvalue weighted by Gasteiger charge is 2.49.